The van der Waals surface area contributed by atoms with Crippen LogP contribution in [0.1, 0.15) is 69.4 Å². The monoisotopic (exact) mass is 563 g/mol. The van der Waals surface area contributed by atoms with Gasteiger partial charge in [-0.05, 0) is 70.2 Å². The molecule has 0 aromatic heterocycles. The fraction of sp³-hybridized carbons (Fsp3) is 0.412. The highest BCUT2D eigenvalue weighted by Gasteiger charge is 2.45. The van der Waals surface area contributed by atoms with E-state index in [0.29, 0.717) is 33.9 Å². The molecule has 0 bridgehead atoms. The summed E-state index contributed by atoms with van der Waals surface area (Å²) in [7, 11) is 3.20. The van der Waals surface area contributed by atoms with Gasteiger partial charge in [-0.1, -0.05) is 71.9 Å². The van der Waals surface area contributed by atoms with Gasteiger partial charge in [0.2, 0.25) is 0 Å². The van der Waals surface area contributed by atoms with Crippen molar-refractivity contribution < 1.29 is 19.7 Å². The topological polar surface area (TPSA) is 84.9 Å². The number of thioether (sulfide) groups is 1. The minimum Gasteiger partial charge on any atom is -0.507 e. The standard InChI is InChI=1S/C34H45NO4S/c1-32(2,3)24-14-16-29(38-7)26(19-24)34(37,27-20-25(33(4,5)6)15-17-30(27)39-8)31(35)23(21-40-9)18-22-12-10-11-13-28(22)36/h10-20,31,36-37H,21,35H2,1-9H3. The summed E-state index contributed by atoms with van der Waals surface area (Å²) >= 11 is 1.60. The molecule has 5 nitrogen and oxygen atoms in total. The third kappa shape index (κ3) is 6.51. The van der Waals surface area contributed by atoms with Crippen LogP contribution in [0, 0.1) is 0 Å². The van der Waals surface area contributed by atoms with E-state index >= 15 is 0 Å². The number of para-hydroxylation sites is 1. The number of phenolic OH excluding ortho intramolecular Hbond substituents is 1. The molecule has 0 fully saturated rings. The Labute approximate surface area is 244 Å². The molecule has 0 saturated carbocycles. The Morgan fingerprint density at radius 2 is 1.32 bits per heavy atom. The van der Waals surface area contributed by atoms with E-state index in [4.69, 9.17) is 15.2 Å². The molecule has 0 aliphatic heterocycles. The summed E-state index contributed by atoms with van der Waals surface area (Å²) in [4.78, 5) is 0. The van der Waals surface area contributed by atoms with Crippen molar-refractivity contribution in [3.63, 3.8) is 0 Å². The normalized spacial score (nSPS) is 13.7. The van der Waals surface area contributed by atoms with Gasteiger partial charge >= 0.3 is 0 Å². The van der Waals surface area contributed by atoms with Crippen molar-refractivity contribution in [2.45, 2.75) is 64.0 Å². The smallest absolute Gasteiger partial charge is 0.141 e. The lowest BCUT2D eigenvalue weighted by Gasteiger charge is -2.39. The summed E-state index contributed by atoms with van der Waals surface area (Å²) in [6, 6.07) is 18.1. The van der Waals surface area contributed by atoms with Crippen molar-refractivity contribution in [3.8, 4) is 17.2 Å². The Kier molecular flexibility index (Phi) is 9.71. The predicted octanol–water partition coefficient (Wildman–Crippen LogP) is 7.01. The van der Waals surface area contributed by atoms with E-state index in [2.05, 4.69) is 41.5 Å². The molecule has 40 heavy (non-hydrogen) atoms. The van der Waals surface area contributed by atoms with E-state index in [0.717, 1.165) is 16.7 Å². The van der Waals surface area contributed by atoms with E-state index in [1.165, 1.54) is 0 Å². The molecule has 3 aromatic carbocycles. The molecule has 0 radical (unpaired) electrons. The van der Waals surface area contributed by atoms with Crippen molar-refractivity contribution >= 4 is 17.8 Å². The van der Waals surface area contributed by atoms with Crippen LogP contribution in [-0.4, -0.2) is 42.5 Å². The highest BCUT2D eigenvalue weighted by atomic mass is 32.2. The Morgan fingerprint density at radius 3 is 1.73 bits per heavy atom. The van der Waals surface area contributed by atoms with Crippen molar-refractivity contribution in [2.24, 2.45) is 5.73 Å². The van der Waals surface area contributed by atoms with Gasteiger partial charge in [0.25, 0.3) is 0 Å². The maximum absolute atomic E-state index is 13.2. The lowest BCUT2D eigenvalue weighted by Crippen LogP contribution is -2.48. The molecule has 3 aromatic rings. The quantitative estimate of drug-likeness (QED) is 0.260. The van der Waals surface area contributed by atoms with Crippen molar-refractivity contribution in [1.82, 2.24) is 0 Å². The first-order valence-corrected chi connectivity index (χ1v) is 14.9. The van der Waals surface area contributed by atoms with Gasteiger partial charge in [0.15, 0.2) is 0 Å². The zero-order valence-corrected chi connectivity index (χ0v) is 26.1. The minimum absolute atomic E-state index is 0.150. The van der Waals surface area contributed by atoms with Crippen LogP contribution < -0.4 is 15.2 Å². The molecule has 0 heterocycles. The first kappa shape index (κ1) is 31.6. The maximum Gasteiger partial charge on any atom is 0.141 e. The molecule has 4 N–H and O–H groups in total. The second kappa shape index (κ2) is 12.3. The van der Waals surface area contributed by atoms with Crippen LogP contribution in [0.25, 0.3) is 6.08 Å². The molecule has 6 heteroatoms. The van der Waals surface area contributed by atoms with Gasteiger partial charge in [-0.15, -0.1) is 0 Å². The van der Waals surface area contributed by atoms with E-state index in [9.17, 15) is 10.2 Å². The van der Waals surface area contributed by atoms with Crippen LogP contribution in [0.4, 0.5) is 0 Å². The third-order valence-corrected chi connectivity index (χ3v) is 8.01. The second-order valence-electron chi connectivity index (χ2n) is 12.3. The van der Waals surface area contributed by atoms with Crippen LogP contribution in [0.3, 0.4) is 0 Å². The van der Waals surface area contributed by atoms with Gasteiger partial charge in [0.05, 0.1) is 20.3 Å². The summed E-state index contributed by atoms with van der Waals surface area (Å²) < 4.78 is 11.7. The van der Waals surface area contributed by atoms with E-state index < -0.39 is 11.6 Å². The first-order valence-electron chi connectivity index (χ1n) is 13.5. The first-order chi connectivity index (χ1) is 18.7. The summed E-state index contributed by atoms with van der Waals surface area (Å²) in [6.45, 7) is 12.8. The molecular weight excluding hydrogens is 518 g/mol. The highest BCUT2D eigenvalue weighted by molar-refractivity contribution is 7.98. The zero-order chi connectivity index (χ0) is 29.9. The Balaban J connectivity index is 2.47. The molecule has 3 rings (SSSR count). The van der Waals surface area contributed by atoms with Crippen molar-refractivity contribution in [2.75, 3.05) is 26.2 Å². The van der Waals surface area contributed by atoms with Gasteiger partial charge in [0.1, 0.15) is 22.8 Å². The predicted molar refractivity (Wildman–Crippen MR) is 169 cm³/mol. The lowest BCUT2D eigenvalue weighted by atomic mass is 9.73. The van der Waals surface area contributed by atoms with E-state index in [1.807, 2.05) is 60.9 Å². The molecular formula is C34H45NO4S. The average Bonchev–Trinajstić information content (AvgIpc) is 2.91. The molecule has 0 saturated heterocycles. The number of benzene rings is 3. The van der Waals surface area contributed by atoms with Gasteiger partial charge in [-0.25, -0.2) is 0 Å². The Hall–Kier alpha value is -2.93. The number of aromatic hydroxyl groups is 1. The number of nitrogens with two attached hydrogens (primary N) is 1. The molecule has 0 aliphatic carbocycles. The lowest BCUT2D eigenvalue weighted by molar-refractivity contribution is 0.0583. The van der Waals surface area contributed by atoms with Gasteiger partial charge < -0.3 is 25.4 Å². The maximum atomic E-state index is 13.2. The fourth-order valence-corrected chi connectivity index (χ4v) is 5.49. The highest BCUT2D eigenvalue weighted by Crippen LogP contribution is 2.46. The SMILES string of the molecule is COc1ccc(C(C)(C)C)cc1C(O)(c1cc(C(C)(C)C)ccc1OC)C(N)C(=Cc1ccccc1O)CSC. The van der Waals surface area contributed by atoms with Crippen LogP contribution in [-0.2, 0) is 16.4 Å². The minimum atomic E-state index is -1.74. The fourth-order valence-electron chi connectivity index (χ4n) is 4.89. The molecule has 0 amide bonds. The number of phenols is 1. The largest absolute Gasteiger partial charge is 0.507 e. The van der Waals surface area contributed by atoms with Crippen LogP contribution in [0.15, 0.2) is 66.2 Å². The molecule has 1 atom stereocenters. The van der Waals surface area contributed by atoms with Gasteiger partial charge in [0, 0.05) is 22.4 Å². The third-order valence-electron chi connectivity index (χ3n) is 7.39. The van der Waals surface area contributed by atoms with Crippen molar-refractivity contribution in [3.05, 3.63) is 94.1 Å². The van der Waals surface area contributed by atoms with Gasteiger partial charge in [-0.3, -0.25) is 0 Å². The van der Waals surface area contributed by atoms with Crippen LogP contribution in [0.2, 0.25) is 0 Å². The zero-order valence-electron chi connectivity index (χ0n) is 25.3. The van der Waals surface area contributed by atoms with Crippen molar-refractivity contribution in [1.29, 1.82) is 0 Å². The van der Waals surface area contributed by atoms with Crippen LogP contribution >= 0.6 is 11.8 Å². The summed E-state index contributed by atoms with van der Waals surface area (Å²) in [5.74, 6) is 1.75. The number of methoxy groups -OCH3 is 2. The number of hydrogen-bond acceptors (Lipinski definition) is 6. The van der Waals surface area contributed by atoms with Crippen LogP contribution in [0.5, 0.6) is 17.2 Å². The van der Waals surface area contributed by atoms with E-state index in [1.54, 1.807) is 38.1 Å². The summed E-state index contributed by atoms with van der Waals surface area (Å²) in [5.41, 5.74) is 9.67. The Bertz CT molecular complexity index is 1290. The molecule has 0 spiro atoms. The number of ether oxygens (including phenoxy) is 2. The van der Waals surface area contributed by atoms with E-state index in [-0.39, 0.29) is 16.6 Å². The number of hydrogen-bond donors (Lipinski definition) is 3. The molecule has 0 aliphatic rings. The summed E-state index contributed by atoms with van der Waals surface area (Å²) in [6.07, 6.45) is 3.87. The molecule has 216 valence electrons. The average molecular weight is 564 g/mol. The second-order valence-corrected chi connectivity index (χ2v) is 13.2. The number of rotatable bonds is 9. The summed E-state index contributed by atoms with van der Waals surface area (Å²) in [5, 5.41) is 23.7. The number of aliphatic hydroxyl groups is 1. The molecule has 1 unspecified atom stereocenters. The van der Waals surface area contributed by atoms with Gasteiger partial charge in [-0.2, -0.15) is 11.8 Å². The Morgan fingerprint density at radius 1 is 0.850 bits per heavy atom.